The number of nitrogens with zero attached hydrogens (tertiary/aromatic N) is 3. The number of benzene rings is 1. The molecule has 1 heterocycles. The second-order valence-corrected chi connectivity index (χ2v) is 2.84. The molecule has 0 atom stereocenters. The van der Waals surface area contributed by atoms with Gasteiger partial charge in [-0.15, -0.1) is 5.10 Å². The molecule has 0 radical (unpaired) electrons. The van der Waals surface area contributed by atoms with E-state index in [0.717, 1.165) is 0 Å². The van der Waals surface area contributed by atoms with Gasteiger partial charge in [-0.2, -0.15) is 0 Å². The van der Waals surface area contributed by atoms with Crippen LogP contribution in [0.15, 0.2) is 30.5 Å². The molecule has 2 aromatic rings. The van der Waals surface area contributed by atoms with Crippen LogP contribution in [0.5, 0.6) is 11.6 Å². The highest BCUT2D eigenvalue weighted by molar-refractivity contribution is 5.52. The summed E-state index contributed by atoms with van der Waals surface area (Å²) in [4.78, 5) is 0. The van der Waals surface area contributed by atoms with E-state index in [0.29, 0.717) is 17.3 Å². The number of rotatable bonds is 2. The molecule has 0 aliphatic heterocycles. The normalized spacial score (nSPS) is 10.1. The maximum atomic E-state index is 5.71. The van der Waals surface area contributed by atoms with Gasteiger partial charge < -0.3 is 10.5 Å². The van der Waals surface area contributed by atoms with Crippen LogP contribution in [0.25, 0.3) is 0 Å². The van der Waals surface area contributed by atoms with Crippen molar-refractivity contribution < 1.29 is 4.74 Å². The first-order chi connectivity index (χ1) is 6.77. The van der Waals surface area contributed by atoms with Gasteiger partial charge >= 0.3 is 0 Å². The number of nitrogens with two attached hydrogens (primary N) is 1. The first kappa shape index (κ1) is 8.55. The van der Waals surface area contributed by atoms with Crippen molar-refractivity contribution in [1.82, 2.24) is 15.0 Å². The Morgan fingerprint density at radius 2 is 2.14 bits per heavy atom. The van der Waals surface area contributed by atoms with E-state index in [4.69, 9.17) is 10.5 Å². The van der Waals surface area contributed by atoms with Gasteiger partial charge in [-0.25, -0.2) is 4.68 Å². The minimum absolute atomic E-state index is 0.558. The van der Waals surface area contributed by atoms with E-state index in [1.165, 1.54) is 10.9 Å². The fourth-order valence-corrected chi connectivity index (χ4v) is 1.06. The number of nitrogen functional groups attached to an aromatic ring is 1. The van der Waals surface area contributed by atoms with Crippen LogP contribution in [0.3, 0.4) is 0 Å². The maximum Gasteiger partial charge on any atom is 0.237 e. The lowest BCUT2D eigenvalue weighted by Gasteiger charge is -2.06. The molecule has 0 bridgehead atoms. The van der Waals surface area contributed by atoms with Crippen molar-refractivity contribution in [2.45, 2.75) is 0 Å². The molecule has 1 aromatic carbocycles. The summed E-state index contributed by atoms with van der Waals surface area (Å²) in [5.41, 5.74) is 6.30. The summed E-state index contributed by atoms with van der Waals surface area (Å²) < 4.78 is 7.03. The Morgan fingerprint density at radius 1 is 1.36 bits per heavy atom. The number of aromatic nitrogens is 3. The Balaban J connectivity index is 2.28. The number of para-hydroxylation sites is 2. The van der Waals surface area contributed by atoms with Gasteiger partial charge in [0.05, 0.1) is 5.69 Å². The van der Waals surface area contributed by atoms with E-state index < -0.39 is 0 Å². The first-order valence-electron chi connectivity index (χ1n) is 4.14. The molecule has 0 saturated carbocycles. The van der Waals surface area contributed by atoms with Gasteiger partial charge in [-0.3, -0.25) is 0 Å². The largest absolute Gasteiger partial charge is 0.435 e. The molecule has 0 aliphatic carbocycles. The number of aryl methyl sites for hydroxylation is 1. The van der Waals surface area contributed by atoms with Crippen molar-refractivity contribution in [3.8, 4) is 11.6 Å². The smallest absolute Gasteiger partial charge is 0.237 e. The summed E-state index contributed by atoms with van der Waals surface area (Å²) in [6.07, 6.45) is 1.53. The van der Waals surface area contributed by atoms with Gasteiger partial charge in [-0.1, -0.05) is 17.3 Å². The van der Waals surface area contributed by atoms with E-state index in [9.17, 15) is 0 Å². The van der Waals surface area contributed by atoms with Crippen molar-refractivity contribution in [3.05, 3.63) is 30.5 Å². The Hall–Kier alpha value is -2.04. The minimum Gasteiger partial charge on any atom is -0.435 e. The lowest BCUT2D eigenvalue weighted by molar-refractivity contribution is 0.432. The van der Waals surface area contributed by atoms with Gasteiger partial charge in [0.1, 0.15) is 6.20 Å². The van der Waals surface area contributed by atoms with E-state index in [-0.39, 0.29) is 0 Å². The minimum atomic E-state index is 0.558. The summed E-state index contributed by atoms with van der Waals surface area (Å²) in [7, 11) is 1.75. The number of ether oxygens (including phenoxy) is 1. The standard InChI is InChI=1S/C9H10N4O/c1-13-9(6-11-12-13)14-8-5-3-2-4-7(8)10/h2-6H,10H2,1H3. The van der Waals surface area contributed by atoms with E-state index in [1.54, 1.807) is 19.2 Å². The molecule has 5 nitrogen and oxygen atoms in total. The fourth-order valence-electron chi connectivity index (χ4n) is 1.06. The highest BCUT2D eigenvalue weighted by Gasteiger charge is 2.04. The Labute approximate surface area is 81.1 Å². The zero-order valence-electron chi connectivity index (χ0n) is 7.71. The average molecular weight is 190 g/mol. The highest BCUT2D eigenvalue weighted by Crippen LogP contribution is 2.25. The summed E-state index contributed by atoms with van der Waals surface area (Å²) in [6, 6.07) is 7.28. The average Bonchev–Trinajstić information content (AvgIpc) is 2.56. The molecule has 72 valence electrons. The van der Waals surface area contributed by atoms with Crippen molar-refractivity contribution in [1.29, 1.82) is 0 Å². The number of anilines is 1. The second-order valence-electron chi connectivity index (χ2n) is 2.84. The van der Waals surface area contributed by atoms with Crippen molar-refractivity contribution in [2.24, 2.45) is 7.05 Å². The fraction of sp³-hybridized carbons (Fsp3) is 0.111. The van der Waals surface area contributed by atoms with Gasteiger partial charge in [0.2, 0.25) is 5.88 Å². The molecular weight excluding hydrogens is 180 g/mol. The molecule has 2 rings (SSSR count). The zero-order chi connectivity index (χ0) is 9.97. The van der Waals surface area contributed by atoms with Crippen LogP contribution in [0, 0.1) is 0 Å². The summed E-state index contributed by atoms with van der Waals surface area (Å²) in [5.74, 6) is 1.17. The molecule has 1 aromatic heterocycles. The molecule has 5 heteroatoms. The number of hydrogen-bond acceptors (Lipinski definition) is 4. The predicted octanol–water partition coefficient (Wildman–Crippen LogP) is 1.19. The monoisotopic (exact) mass is 190 g/mol. The topological polar surface area (TPSA) is 66.0 Å². The van der Waals surface area contributed by atoms with Crippen LogP contribution >= 0.6 is 0 Å². The van der Waals surface area contributed by atoms with Crippen LogP contribution in [0.1, 0.15) is 0 Å². The highest BCUT2D eigenvalue weighted by atomic mass is 16.5. The van der Waals surface area contributed by atoms with Crippen LogP contribution in [0.2, 0.25) is 0 Å². The molecule has 14 heavy (non-hydrogen) atoms. The van der Waals surface area contributed by atoms with Crippen LogP contribution in [0.4, 0.5) is 5.69 Å². The molecule has 0 fully saturated rings. The van der Waals surface area contributed by atoms with Gasteiger partial charge in [0, 0.05) is 7.05 Å². The van der Waals surface area contributed by atoms with Gasteiger partial charge in [0.25, 0.3) is 0 Å². The predicted molar refractivity (Wildman–Crippen MR) is 51.9 cm³/mol. The first-order valence-corrected chi connectivity index (χ1v) is 4.14. The Kier molecular flexibility index (Phi) is 2.06. The van der Waals surface area contributed by atoms with Crippen LogP contribution in [-0.2, 0) is 7.05 Å². The van der Waals surface area contributed by atoms with Crippen molar-refractivity contribution in [2.75, 3.05) is 5.73 Å². The third kappa shape index (κ3) is 1.52. The molecule has 2 N–H and O–H groups in total. The third-order valence-corrected chi connectivity index (χ3v) is 1.81. The third-order valence-electron chi connectivity index (χ3n) is 1.81. The molecule has 0 amide bonds. The molecule has 0 unspecified atom stereocenters. The van der Waals surface area contributed by atoms with E-state index in [2.05, 4.69) is 10.3 Å². The summed E-state index contributed by atoms with van der Waals surface area (Å²) in [5, 5.41) is 7.44. The molecular formula is C9H10N4O. The molecule has 0 saturated heterocycles. The maximum absolute atomic E-state index is 5.71. The quantitative estimate of drug-likeness (QED) is 0.722. The van der Waals surface area contributed by atoms with E-state index in [1.807, 2.05) is 12.1 Å². The van der Waals surface area contributed by atoms with Crippen molar-refractivity contribution >= 4 is 5.69 Å². The lowest BCUT2D eigenvalue weighted by Crippen LogP contribution is -1.97. The summed E-state index contributed by atoms with van der Waals surface area (Å²) in [6.45, 7) is 0. The zero-order valence-corrected chi connectivity index (χ0v) is 7.71. The molecule has 0 aliphatic rings. The Bertz CT molecular complexity index is 438. The number of hydrogen-bond donors (Lipinski definition) is 1. The Morgan fingerprint density at radius 3 is 2.79 bits per heavy atom. The van der Waals surface area contributed by atoms with E-state index >= 15 is 0 Å². The summed E-state index contributed by atoms with van der Waals surface area (Å²) >= 11 is 0. The SMILES string of the molecule is Cn1nncc1Oc1ccccc1N. The van der Waals surface area contributed by atoms with Gasteiger partial charge in [-0.05, 0) is 12.1 Å². The lowest BCUT2D eigenvalue weighted by atomic mass is 10.3. The van der Waals surface area contributed by atoms with Crippen molar-refractivity contribution in [3.63, 3.8) is 0 Å². The molecule has 0 spiro atoms. The van der Waals surface area contributed by atoms with Crippen LogP contribution in [-0.4, -0.2) is 15.0 Å². The van der Waals surface area contributed by atoms with Gasteiger partial charge in [0.15, 0.2) is 5.75 Å². The van der Waals surface area contributed by atoms with Crippen LogP contribution < -0.4 is 10.5 Å². The second kappa shape index (κ2) is 3.37.